The van der Waals surface area contributed by atoms with E-state index in [1.807, 2.05) is 7.05 Å². The summed E-state index contributed by atoms with van der Waals surface area (Å²) < 4.78 is 39.5. The van der Waals surface area contributed by atoms with Gasteiger partial charge in [-0.2, -0.15) is 13.2 Å². The SMILES string of the molecule is CC(CN1CCN(C)CC1)Nc1ccc([N+](=O)[O-])cc1C(F)(F)F. The molecule has 9 heteroatoms. The molecule has 1 saturated heterocycles. The Kier molecular flexibility index (Phi) is 5.66. The Labute approximate surface area is 138 Å². The highest BCUT2D eigenvalue weighted by molar-refractivity contribution is 5.57. The summed E-state index contributed by atoms with van der Waals surface area (Å²) in [5.41, 5.74) is -1.71. The molecule has 1 N–H and O–H groups in total. The van der Waals surface area contributed by atoms with Crippen molar-refractivity contribution in [2.24, 2.45) is 0 Å². The Bertz CT molecular complexity index is 587. The zero-order chi connectivity index (χ0) is 17.9. The fraction of sp³-hybridized carbons (Fsp3) is 0.600. The fourth-order valence-electron chi connectivity index (χ4n) is 2.74. The van der Waals surface area contributed by atoms with Crippen LogP contribution in [-0.2, 0) is 6.18 Å². The van der Waals surface area contributed by atoms with Gasteiger partial charge in [0.15, 0.2) is 0 Å². The molecule has 1 aliphatic heterocycles. The van der Waals surface area contributed by atoms with Gasteiger partial charge < -0.3 is 10.2 Å². The number of non-ortho nitro benzene ring substituents is 1. The van der Waals surface area contributed by atoms with Crippen LogP contribution in [0.4, 0.5) is 24.5 Å². The van der Waals surface area contributed by atoms with Gasteiger partial charge in [0.1, 0.15) is 0 Å². The largest absolute Gasteiger partial charge is 0.418 e. The zero-order valence-corrected chi connectivity index (χ0v) is 13.6. The summed E-state index contributed by atoms with van der Waals surface area (Å²) in [5, 5.41) is 13.6. The van der Waals surface area contributed by atoms with Gasteiger partial charge in [-0.1, -0.05) is 0 Å². The summed E-state index contributed by atoms with van der Waals surface area (Å²) in [6.45, 7) is 6.02. The van der Waals surface area contributed by atoms with Crippen LogP contribution < -0.4 is 5.32 Å². The average Bonchev–Trinajstić information content (AvgIpc) is 2.48. The molecule has 2 rings (SSSR count). The molecule has 0 spiro atoms. The smallest absolute Gasteiger partial charge is 0.381 e. The first-order chi connectivity index (χ1) is 11.2. The maximum Gasteiger partial charge on any atom is 0.418 e. The van der Waals surface area contributed by atoms with Crippen LogP contribution >= 0.6 is 0 Å². The van der Waals surface area contributed by atoms with Crippen LogP contribution in [0.15, 0.2) is 18.2 Å². The maximum absolute atomic E-state index is 13.2. The Morgan fingerprint density at radius 3 is 2.46 bits per heavy atom. The van der Waals surface area contributed by atoms with Crippen molar-refractivity contribution < 1.29 is 18.1 Å². The monoisotopic (exact) mass is 346 g/mol. The molecule has 0 aromatic heterocycles. The summed E-state index contributed by atoms with van der Waals surface area (Å²) in [6, 6.07) is 2.57. The Hall–Kier alpha value is -1.87. The summed E-state index contributed by atoms with van der Waals surface area (Å²) in [5.74, 6) is 0. The van der Waals surface area contributed by atoms with Crippen molar-refractivity contribution in [2.45, 2.75) is 19.1 Å². The molecule has 24 heavy (non-hydrogen) atoms. The highest BCUT2D eigenvalue weighted by Crippen LogP contribution is 2.37. The zero-order valence-electron chi connectivity index (χ0n) is 13.6. The van der Waals surface area contributed by atoms with Crippen LogP contribution in [0.25, 0.3) is 0 Å². The van der Waals surface area contributed by atoms with Gasteiger partial charge in [0.25, 0.3) is 5.69 Å². The van der Waals surface area contributed by atoms with Gasteiger partial charge >= 0.3 is 6.18 Å². The normalized spacial score (nSPS) is 18.4. The number of nitrogens with zero attached hydrogens (tertiary/aromatic N) is 3. The van der Waals surface area contributed by atoms with Gasteiger partial charge in [-0.3, -0.25) is 15.0 Å². The predicted molar refractivity (Wildman–Crippen MR) is 85.1 cm³/mol. The minimum Gasteiger partial charge on any atom is -0.381 e. The van der Waals surface area contributed by atoms with Gasteiger partial charge in [-0.25, -0.2) is 0 Å². The third-order valence-electron chi connectivity index (χ3n) is 4.05. The molecule has 0 aliphatic carbocycles. The number of halogens is 3. The number of anilines is 1. The summed E-state index contributed by atoms with van der Waals surface area (Å²) in [6.07, 6.45) is -4.65. The number of benzene rings is 1. The minimum absolute atomic E-state index is 0.130. The molecule has 0 radical (unpaired) electrons. The molecule has 1 unspecified atom stereocenters. The highest BCUT2D eigenvalue weighted by Gasteiger charge is 2.35. The van der Waals surface area contributed by atoms with Crippen LogP contribution in [0.1, 0.15) is 12.5 Å². The molecule has 1 aliphatic rings. The van der Waals surface area contributed by atoms with Crippen molar-refractivity contribution >= 4 is 11.4 Å². The Morgan fingerprint density at radius 2 is 1.92 bits per heavy atom. The third-order valence-corrected chi connectivity index (χ3v) is 4.05. The lowest BCUT2D eigenvalue weighted by atomic mass is 10.1. The van der Waals surface area contributed by atoms with E-state index in [9.17, 15) is 23.3 Å². The van der Waals surface area contributed by atoms with Crippen molar-refractivity contribution in [1.29, 1.82) is 0 Å². The average molecular weight is 346 g/mol. The second kappa shape index (κ2) is 7.35. The molecule has 1 heterocycles. The van der Waals surface area contributed by atoms with E-state index >= 15 is 0 Å². The van der Waals surface area contributed by atoms with Crippen molar-refractivity contribution in [3.63, 3.8) is 0 Å². The Balaban J connectivity index is 2.09. The van der Waals surface area contributed by atoms with Crippen LogP contribution in [0.5, 0.6) is 0 Å². The van der Waals surface area contributed by atoms with Crippen molar-refractivity contribution in [2.75, 3.05) is 45.1 Å². The summed E-state index contributed by atoms with van der Waals surface area (Å²) in [7, 11) is 2.03. The molecular formula is C15H21F3N4O2. The third kappa shape index (κ3) is 4.81. The van der Waals surface area contributed by atoms with Crippen molar-refractivity contribution in [1.82, 2.24) is 9.80 Å². The van der Waals surface area contributed by atoms with Crippen LogP contribution in [0.3, 0.4) is 0 Å². The van der Waals surface area contributed by atoms with Gasteiger partial charge in [-0.05, 0) is 20.0 Å². The number of likely N-dealkylation sites (N-methyl/N-ethyl adjacent to an activating group) is 1. The molecule has 0 bridgehead atoms. The number of nitro benzene ring substituents is 1. The quantitative estimate of drug-likeness (QED) is 0.656. The van der Waals surface area contributed by atoms with Crippen LogP contribution in [-0.4, -0.2) is 60.5 Å². The van der Waals surface area contributed by atoms with E-state index in [1.165, 1.54) is 0 Å². The van der Waals surface area contributed by atoms with E-state index in [4.69, 9.17) is 0 Å². The van der Waals surface area contributed by atoms with Crippen molar-refractivity contribution in [3.8, 4) is 0 Å². The maximum atomic E-state index is 13.2. The predicted octanol–water partition coefficient (Wildman–Crippen LogP) is 2.66. The molecular weight excluding hydrogens is 325 g/mol. The summed E-state index contributed by atoms with van der Waals surface area (Å²) in [4.78, 5) is 14.3. The van der Waals surface area contributed by atoms with E-state index in [1.54, 1.807) is 6.92 Å². The van der Waals surface area contributed by atoms with E-state index in [-0.39, 0.29) is 11.7 Å². The standard InChI is InChI=1S/C15H21F3N4O2/c1-11(10-21-7-5-20(2)6-8-21)19-14-4-3-12(22(23)24)9-13(14)15(16,17)18/h3-4,9,11,19H,5-8,10H2,1-2H3. The molecule has 1 aromatic rings. The number of nitro groups is 1. The van der Waals surface area contributed by atoms with Gasteiger partial charge in [0.2, 0.25) is 0 Å². The molecule has 134 valence electrons. The van der Waals surface area contributed by atoms with E-state index in [0.717, 1.165) is 38.3 Å². The number of rotatable bonds is 5. The van der Waals surface area contributed by atoms with Gasteiger partial charge in [0, 0.05) is 56.6 Å². The van der Waals surface area contributed by atoms with E-state index in [2.05, 4.69) is 15.1 Å². The molecule has 0 amide bonds. The lowest BCUT2D eigenvalue weighted by Crippen LogP contribution is -2.47. The van der Waals surface area contributed by atoms with Gasteiger partial charge in [0.05, 0.1) is 10.5 Å². The minimum atomic E-state index is -4.65. The lowest BCUT2D eigenvalue weighted by molar-refractivity contribution is -0.385. The number of piperazine rings is 1. The molecule has 6 nitrogen and oxygen atoms in total. The second-order valence-electron chi connectivity index (χ2n) is 6.13. The van der Waals surface area contributed by atoms with E-state index < -0.39 is 22.4 Å². The number of nitrogens with one attached hydrogen (secondary N) is 1. The number of hydrogen-bond acceptors (Lipinski definition) is 5. The fourth-order valence-corrected chi connectivity index (χ4v) is 2.74. The lowest BCUT2D eigenvalue weighted by Gasteiger charge is -2.34. The van der Waals surface area contributed by atoms with E-state index in [0.29, 0.717) is 12.6 Å². The Morgan fingerprint density at radius 1 is 1.29 bits per heavy atom. The molecule has 1 atom stereocenters. The topological polar surface area (TPSA) is 61.6 Å². The van der Waals surface area contributed by atoms with Crippen molar-refractivity contribution in [3.05, 3.63) is 33.9 Å². The van der Waals surface area contributed by atoms with Crippen LogP contribution in [0, 0.1) is 10.1 Å². The highest BCUT2D eigenvalue weighted by atomic mass is 19.4. The second-order valence-corrected chi connectivity index (χ2v) is 6.13. The first kappa shape index (κ1) is 18.5. The first-order valence-corrected chi connectivity index (χ1v) is 7.70. The number of hydrogen-bond donors (Lipinski definition) is 1. The van der Waals surface area contributed by atoms with Gasteiger partial charge in [-0.15, -0.1) is 0 Å². The number of alkyl halides is 3. The molecule has 1 aromatic carbocycles. The summed E-state index contributed by atoms with van der Waals surface area (Å²) >= 11 is 0. The van der Waals surface area contributed by atoms with Crippen LogP contribution in [0.2, 0.25) is 0 Å². The molecule has 1 fully saturated rings. The first-order valence-electron chi connectivity index (χ1n) is 7.70. The molecule has 0 saturated carbocycles.